The predicted octanol–water partition coefficient (Wildman–Crippen LogP) is 4.65. The summed E-state index contributed by atoms with van der Waals surface area (Å²) in [6.45, 7) is 3.91. The van der Waals surface area contributed by atoms with Crippen LogP contribution in [0, 0.1) is 0 Å². The Morgan fingerprint density at radius 2 is 1.53 bits per heavy atom. The van der Waals surface area contributed by atoms with E-state index in [0.29, 0.717) is 11.3 Å². The molecule has 4 rings (SSSR count). The Kier molecular flexibility index (Phi) is 6.39. The monoisotopic (exact) mass is 448 g/mol. The number of hydrogen-bond donors (Lipinski definition) is 2. The molecule has 2 N–H and O–H groups in total. The lowest BCUT2D eigenvalue weighted by Crippen LogP contribution is -2.25. The third-order valence-electron chi connectivity index (χ3n) is 5.35. The first-order valence-corrected chi connectivity index (χ1v) is 11.9. The van der Waals surface area contributed by atoms with E-state index in [4.69, 9.17) is 4.74 Å². The molecule has 0 fully saturated rings. The molecule has 32 heavy (non-hydrogen) atoms. The molecule has 0 aromatic heterocycles. The quantitative estimate of drug-likeness (QED) is 0.491. The summed E-state index contributed by atoms with van der Waals surface area (Å²) in [5.41, 5.74) is 5.78. The van der Waals surface area contributed by atoms with Crippen molar-refractivity contribution >= 4 is 21.8 Å². The summed E-state index contributed by atoms with van der Waals surface area (Å²) >= 11 is 0. The Bertz CT molecular complexity index is 1190. The number of rotatable bonds is 8. The van der Waals surface area contributed by atoms with Gasteiger partial charge in [0.25, 0.3) is 0 Å². The number of anilines is 1. The molecule has 1 aliphatic rings. The van der Waals surface area contributed by atoms with Crippen LogP contribution in [0.2, 0.25) is 0 Å². The van der Waals surface area contributed by atoms with Gasteiger partial charge in [-0.15, -0.1) is 6.58 Å². The van der Waals surface area contributed by atoms with Crippen molar-refractivity contribution in [1.29, 1.82) is 0 Å². The molecule has 0 radical (unpaired) electrons. The van der Waals surface area contributed by atoms with Gasteiger partial charge in [0, 0.05) is 18.2 Å². The van der Waals surface area contributed by atoms with Crippen LogP contribution in [0.3, 0.4) is 0 Å². The fourth-order valence-corrected chi connectivity index (χ4v) is 5.00. The number of ether oxygens (including phenoxy) is 1. The van der Waals surface area contributed by atoms with Crippen molar-refractivity contribution in [1.82, 2.24) is 4.72 Å². The zero-order valence-electron chi connectivity index (χ0n) is 17.5. The molecular formula is C25H24N2O4S. The Balaban J connectivity index is 1.36. The molecule has 3 aromatic rings. The second kappa shape index (κ2) is 9.38. The fraction of sp³-hybridized carbons (Fsp3) is 0.160. The highest BCUT2D eigenvalue weighted by Gasteiger charge is 2.29. The van der Waals surface area contributed by atoms with Gasteiger partial charge in [-0.2, -0.15) is 0 Å². The van der Waals surface area contributed by atoms with Crippen molar-refractivity contribution < 1.29 is 17.9 Å². The molecule has 0 saturated heterocycles. The van der Waals surface area contributed by atoms with E-state index in [0.717, 1.165) is 11.1 Å². The zero-order valence-corrected chi connectivity index (χ0v) is 18.3. The van der Waals surface area contributed by atoms with Crippen molar-refractivity contribution in [3.8, 4) is 11.1 Å². The van der Waals surface area contributed by atoms with Crippen LogP contribution in [-0.4, -0.2) is 27.7 Å². The number of benzene rings is 3. The SMILES string of the molecule is C=CCNS(=O)(=O)Cc1ccc(NC(=O)OCC2c3ccccc3-c3ccccc32)cc1. The Labute approximate surface area is 188 Å². The summed E-state index contributed by atoms with van der Waals surface area (Å²) in [5, 5.41) is 2.70. The van der Waals surface area contributed by atoms with Gasteiger partial charge >= 0.3 is 6.09 Å². The summed E-state index contributed by atoms with van der Waals surface area (Å²) in [4.78, 5) is 12.4. The lowest BCUT2D eigenvalue weighted by molar-refractivity contribution is 0.158. The highest BCUT2D eigenvalue weighted by atomic mass is 32.2. The van der Waals surface area contributed by atoms with Crippen LogP contribution in [0.25, 0.3) is 11.1 Å². The van der Waals surface area contributed by atoms with Crippen LogP contribution < -0.4 is 10.0 Å². The molecule has 0 atom stereocenters. The molecule has 0 unspecified atom stereocenters. The van der Waals surface area contributed by atoms with E-state index in [1.807, 2.05) is 24.3 Å². The van der Waals surface area contributed by atoms with Gasteiger partial charge in [0.05, 0.1) is 5.75 Å². The molecule has 164 valence electrons. The van der Waals surface area contributed by atoms with Gasteiger partial charge in [0.15, 0.2) is 0 Å². The van der Waals surface area contributed by atoms with Gasteiger partial charge in [-0.3, -0.25) is 5.32 Å². The summed E-state index contributed by atoms with van der Waals surface area (Å²) < 4.78 is 31.9. The van der Waals surface area contributed by atoms with Gasteiger partial charge in [0.2, 0.25) is 10.0 Å². The lowest BCUT2D eigenvalue weighted by atomic mass is 9.98. The number of carbonyl (C=O) groups is 1. The number of hydrogen-bond acceptors (Lipinski definition) is 4. The molecular weight excluding hydrogens is 424 g/mol. The molecule has 6 nitrogen and oxygen atoms in total. The Hall–Kier alpha value is -3.42. The lowest BCUT2D eigenvalue weighted by Gasteiger charge is -2.14. The first kappa shape index (κ1) is 21.8. The maximum atomic E-state index is 12.4. The second-order valence-electron chi connectivity index (χ2n) is 7.54. The van der Waals surface area contributed by atoms with Crippen molar-refractivity contribution in [2.45, 2.75) is 11.7 Å². The molecule has 1 aliphatic carbocycles. The first-order valence-electron chi connectivity index (χ1n) is 10.3. The van der Waals surface area contributed by atoms with E-state index in [9.17, 15) is 13.2 Å². The van der Waals surface area contributed by atoms with E-state index in [1.165, 1.54) is 17.2 Å². The van der Waals surface area contributed by atoms with Crippen LogP contribution in [0.4, 0.5) is 10.5 Å². The normalized spacial score (nSPS) is 12.6. The molecule has 1 amide bonds. The summed E-state index contributed by atoms with van der Waals surface area (Å²) in [7, 11) is -3.43. The minimum atomic E-state index is -3.43. The molecule has 7 heteroatoms. The molecule has 0 aliphatic heterocycles. The zero-order chi connectivity index (χ0) is 22.6. The van der Waals surface area contributed by atoms with E-state index >= 15 is 0 Å². The Morgan fingerprint density at radius 1 is 0.938 bits per heavy atom. The van der Waals surface area contributed by atoms with Crippen molar-refractivity contribution in [3.05, 3.63) is 102 Å². The number of sulfonamides is 1. The highest BCUT2D eigenvalue weighted by Crippen LogP contribution is 2.44. The van der Waals surface area contributed by atoms with Crippen LogP contribution in [-0.2, 0) is 20.5 Å². The topological polar surface area (TPSA) is 84.5 Å². The maximum absolute atomic E-state index is 12.4. The van der Waals surface area contributed by atoms with Crippen molar-refractivity contribution in [2.75, 3.05) is 18.5 Å². The minimum absolute atomic E-state index is 0.0104. The van der Waals surface area contributed by atoms with Crippen molar-refractivity contribution in [2.24, 2.45) is 0 Å². The van der Waals surface area contributed by atoms with Gasteiger partial charge < -0.3 is 4.74 Å². The third kappa shape index (κ3) is 4.90. The second-order valence-corrected chi connectivity index (χ2v) is 9.35. The van der Waals surface area contributed by atoms with Gasteiger partial charge in [-0.05, 0) is 39.9 Å². The largest absolute Gasteiger partial charge is 0.448 e. The van der Waals surface area contributed by atoms with Crippen molar-refractivity contribution in [3.63, 3.8) is 0 Å². The fourth-order valence-electron chi connectivity index (χ4n) is 3.89. The minimum Gasteiger partial charge on any atom is -0.448 e. The number of amides is 1. The molecule has 0 saturated carbocycles. The predicted molar refractivity (Wildman–Crippen MR) is 126 cm³/mol. The van der Waals surface area contributed by atoms with E-state index in [1.54, 1.807) is 24.3 Å². The molecule has 3 aromatic carbocycles. The number of nitrogens with one attached hydrogen (secondary N) is 2. The number of carbonyl (C=O) groups excluding carboxylic acids is 1. The summed E-state index contributed by atoms with van der Waals surface area (Å²) in [5.74, 6) is -0.157. The van der Waals surface area contributed by atoms with Crippen LogP contribution in [0.15, 0.2) is 85.5 Å². The molecule has 0 bridgehead atoms. The Morgan fingerprint density at radius 3 is 2.12 bits per heavy atom. The average molecular weight is 449 g/mol. The standard InChI is InChI=1S/C25H24N2O4S/c1-2-15-26-32(29,30)17-18-11-13-19(14-12-18)27-25(28)31-16-24-22-9-5-3-7-20(22)21-8-4-6-10-23(21)24/h2-14,24,26H,1,15-17H2,(H,27,28). The maximum Gasteiger partial charge on any atom is 0.411 e. The van der Waals surface area contributed by atoms with Gasteiger partial charge in [0.1, 0.15) is 6.61 Å². The third-order valence-corrected chi connectivity index (χ3v) is 6.67. The first-order chi connectivity index (χ1) is 15.5. The van der Waals surface area contributed by atoms with Crippen LogP contribution in [0.5, 0.6) is 0 Å². The molecule has 0 spiro atoms. The van der Waals surface area contributed by atoms with Gasteiger partial charge in [-0.25, -0.2) is 17.9 Å². The highest BCUT2D eigenvalue weighted by molar-refractivity contribution is 7.88. The average Bonchev–Trinajstić information content (AvgIpc) is 3.11. The molecule has 0 heterocycles. The van der Waals surface area contributed by atoms with Gasteiger partial charge in [-0.1, -0.05) is 66.7 Å². The van der Waals surface area contributed by atoms with E-state index < -0.39 is 16.1 Å². The number of fused-ring (bicyclic) bond motifs is 3. The van der Waals surface area contributed by atoms with Crippen LogP contribution in [0.1, 0.15) is 22.6 Å². The van der Waals surface area contributed by atoms with Crippen LogP contribution >= 0.6 is 0 Å². The smallest absolute Gasteiger partial charge is 0.411 e. The van der Waals surface area contributed by atoms with E-state index in [-0.39, 0.29) is 24.8 Å². The van der Waals surface area contributed by atoms with E-state index in [2.05, 4.69) is 40.9 Å². The summed E-state index contributed by atoms with van der Waals surface area (Å²) in [6.07, 6.45) is 0.929. The summed E-state index contributed by atoms with van der Waals surface area (Å²) in [6, 6.07) is 22.9.